The number of hydrogen-bond donors (Lipinski definition) is 4. The van der Waals surface area contributed by atoms with Crippen LogP contribution in [0, 0.1) is 5.41 Å². The molecule has 0 fully saturated rings. The van der Waals surface area contributed by atoms with Crippen molar-refractivity contribution in [1.29, 1.82) is 5.41 Å². The third-order valence-corrected chi connectivity index (χ3v) is 3.39. The van der Waals surface area contributed by atoms with Gasteiger partial charge in [0, 0.05) is 12.2 Å². The number of alkyl halides is 3. The van der Waals surface area contributed by atoms with Crippen LogP contribution in [-0.4, -0.2) is 31.5 Å². The van der Waals surface area contributed by atoms with Gasteiger partial charge in [0.05, 0.1) is 18.5 Å². The molecule has 0 unspecified atom stereocenters. The maximum Gasteiger partial charge on any atom is 0.416 e. The van der Waals surface area contributed by atoms with Crippen molar-refractivity contribution in [2.75, 3.05) is 11.9 Å². The number of fused-ring (bicyclic) bond motifs is 1. The number of H-pyrrole nitrogens is 1. The molecule has 4 N–H and O–H groups in total. The topological polar surface area (TPSA) is 103 Å². The summed E-state index contributed by atoms with van der Waals surface area (Å²) in [7, 11) is 0. The quantitative estimate of drug-likeness (QED) is 0.584. The van der Waals surface area contributed by atoms with Crippen molar-refractivity contribution in [3.8, 4) is 0 Å². The second-order valence-electron chi connectivity index (χ2n) is 5.01. The molecule has 126 valence electrons. The fraction of sp³-hybridized carbons (Fsp3) is 0.214. The summed E-state index contributed by atoms with van der Waals surface area (Å²) in [5.74, 6) is 0.258. The van der Waals surface area contributed by atoms with E-state index in [4.69, 9.17) is 10.5 Å². The molecule has 0 aliphatic heterocycles. The van der Waals surface area contributed by atoms with Gasteiger partial charge in [-0.15, -0.1) is 0 Å². The summed E-state index contributed by atoms with van der Waals surface area (Å²) < 4.78 is 39.8. The molecule has 24 heavy (non-hydrogen) atoms. The van der Waals surface area contributed by atoms with Gasteiger partial charge in [0.25, 0.3) is 0 Å². The minimum Gasteiger partial charge on any atom is -0.395 e. The van der Waals surface area contributed by atoms with Gasteiger partial charge in [-0.05, 0) is 18.2 Å². The molecule has 1 aromatic carbocycles. The van der Waals surface area contributed by atoms with Crippen LogP contribution in [-0.2, 0) is 12.7 Å². The molecule has 0 atom stereocenters. The van der Waals surface area contributed by atoms with E-state index in [-0.39, 0.29) is 35.8 Å². The van der Waals surface area contributed by atoms with Gasteiger partial charge in [-0.2, -0.15) is 18.3 Å². The van der Waals surface area contributed by atoms with Crippen LogP contribution in [0.3, 0.4) is 0 Å². The molecule has 2 heterocycles. The second-order valence-corrected chi connectivity index (χ2v) is 5.01. The van der Waals surface area contributed by atoms with Gasteiger partial charge in [0.1, 0.15) is 16.7 Å². The zero-order valence-electron chi connectivity index (χ0n) is 12.2. The normalized spacial score (nSPS) is 11.8. The number of nitrogens with zero attached hydrogens (tertiary/aromatic N) is 3. The zero-order valence-corrected chi connectivity index (χ0v) is 12.2. The highest BCUT2D eigenvalue weighted by atomic mass is 19.4. The van der Waals surface area contributed by atoms with E-state index < -0.39 is 11.7 Å². The zero-order chi connectivity index (χ0) is 17.3. The van der Waals surface area contributed by atoms with E-state index >= 15 is 0 Å². The second kappa shape index (κ2) is 5.96. The van der Waals surface area contributed by atoms with E-state index in [2.05, 4.69) is 20.5 Å². The molecule has 0 spiro atoms. The number of aromatic nitrogens is 4. The molecule has 0 amide bonds. The van der Waals surface area contributed by atoms with Crippen LogP contribution in [0.15, 0.2) is 30.6 Å². The van der Waals surface area contributed by atoms with Gasteiger partial charge in [0.15, 0.2) is 5.65 Å². The van der Waals surface area contributed by atoms with Crippen LogP contribution >= 0.6 is 0 Å². The van der Waals surface area contributed by atoms with Crippen molar-refractivity contribution in [3.63, 3.8) is 0 Å². The standard InChI is InChI=1S/C14H13F3N6O/c15-14(16,17)8-2-1-3-9(6-8)20-13-10-11(18)23(4-5-24)7-19-12(10)21-22-13/h1-3,6-7,18,24H,4-5H2,(H2,20,21,22). The fourth-order valence-electron chi connectivity index (χ4n) is 2.26. The summed E-state index contributed by atoms with van der Waals surface area (Å²) in [6, 6.07) is 4.70. The van der Waals surface area contributed by atoms with Crippen LogP contribution in [0.5, 0.6) is 0 Å². The summed E-state index contributed by atoms with van der Waals surface area (Å²) in [5, 5.41) is 26.8. The Balaban J connectivity index is 2.02. The van der Waals surface area contributed by atoms with E-state index in [0.717, 1.165) is 12.1 Å². The molecule has 3 aromatic rings. The Hall–Kier alpha value is -2.88. The lowest BCUT2D eigenvalue weighted by molar-refractivity contribution is -0.137. The van der Waals surface area contributed by atoms with Gasteiger partial charge in [-0.1, -0.05) is 6.07 Å². The molecule has 0 radical (unpaired) electrons. The molecule has 0 saturated carbocycles. The average Bonchev–Trinajstić information content (AvgIpc) is 2.93. The number of aromatic amines is 1. The number of nitrogens with one attached hydrogen (secondary N) is 3. The molecule has 0 aliphatic rings. The van der Waals surface area contributed by atoms with Gasteiger partial charge in [-0.3, -0.25) is 10.5 Å². The van der Waals surface area contributed by atoms with Crippen LogP contribution < -0.4 is 10.8 Å². The Morgan fingerprint density at radius 1 is 1.33 bits per heavy atom. The first-order chi connectivity index (χ1) is 11.4. The van der Waals surface area contributed by atoms with Crippen molar-refractivity contribution in [2.24, 2.45) is 0 Å². The molecule has 0 aliphatic carbocycles. The lowest BCUT2D eigenvalue weighted by Gasteiger charge is -2.10. The van der Waals surface area contributed by atoms with Gasteiger partial charge in [-0.25, -0.2) is 4.98 Å². The molecule has 0 saturated heterocycles. The molecule has 7 nitrogen and oxygen atoms in total. The van der Waals surface area contributed by atoms with Crippen LogP contribution in [0.1, 0.15) is 5.56 Å². The van der Waals surface area contributed by atoms with Crippen LogP contribution in [0.4, 0.5) is 24.7 Å². The fourth-order valence-corrected chi connectivity index (χ4v) is 2.26. The number of aliphatic hydroxyl groups excluding tert-OH is 1. The lowest BCUT2D eigenvalue weighted by Crippen LogP contribution is -2.22. The van der Waals surface area contributed by atoms with Crippen molar-refractivity contribution in [2.45, 2.75) is 12.7 Å². The van der Waals surface area contributed by atoms with Crippen molar-refractivity contribution >= 4 is 22.5 Å². The molecule has 0 bridgehead atoms. The highest BCUT2D eigenvalue weighted by Gasteiger charge is 2.30. The van der Waals surface area contributed by atoms with Crippen molar-refractivity contribution in [1.82, 2.24) is 19.7 Å². The Bertz CT molecular complexity index is 930. The highest BCUT2D eigenvalue weighted by Crippen LogP contribution is 2.31. The highest BCUT2D eigenvalue weighted by molar-refractivity contribution is 5.87. The number of rotatable bonds is 4. The van der Waals surface area contributed by atoms with E-state index in [1.54, 1.807) is 0 Å². The third-order valence-electron chi connectivity index (χ3n) is 3.39. The van der Waals surface area contributed by atoms with Crippen LogP contribution in [0.2, 0.25) is 0 Å². The predicted molar refractivity (Wildman–Crippen MR) is 79.5 cm³/mol. The maximum absolute atomic E-state index is 12.8. The predicted octanol–water partition coefficient (Wildman–Crippen LogP) is 1.99. The molecule has 3 rings (SSSR count). The lowest BCUT2D eigenvalue weighted by atomic mass is 10.2. The Kier molecular flexibility index (Phi) is 3.97. The smallest absolute Gasteiger partial charge is 0.395 e. The SMILES string of the molecule is N=c1c2c(Nc3cccc(C(F)(F)F)c3)[nH]nc2ncn1CCO. The number of anilines is 2. The van der Waals surface area contributed by atoms with E-state index in [1.165, 1.54) is 23.0 Å². The minimum absolute atomic E-state index is 0.0391. The monoisotopic (exact) mass is 338 g/mol. The number of benzene rings is 1. The van der Waals surface area contributed by atoms with Crippen LogP contribution in [0.25, 0.3) is 11.0 Å². The van der Waals surface area contributed by atoms with E-state index in [1.807, 2.05) is 0 Å². The van der Waals surface area contributed by atoms with Crippen molar-refractivity contribution in [3.05, 3.63) is 41.6 Å². The van der Waals surface area contributed by atoms with Gasteiger partial charge in [0.2, 0.25) is 0 Å². The number of hydrogen-bond acceptors (Lipinski definition) is 5. The first-order valence-electron chi connectivity index (χ1n) is 6.93. The van der Waals surface area contributed by atoms with Crippen molar-refractivity contribution < 1.29 is 18.3 Å². The first-order valence-corrected chi connectivity index (χ1v) is 6.93. The van der Waals surface area contributed by atoms with E-state index in [9.17, 15) is 13.2 Å². The third kappa shape index (κ3) is 2.95. The summed E-state index contributed by atoms with van der Waals surface area (Å²) in [6.07, 6.45) is -3.07. The van der Waals surface area contributed by atoms with E-state index in [0.29, 0.717) is 5.39 Å². The summed E-state index contributed by atoms with van der Waals surface area (Å²) >= 11 is 0. The summed E-state index contributed by atoms with van der Waals surface area (Å²) in [5.41, 5.74) is -0.288. The maximum atomic E-state index is 12.8. The molecular weight excluding hydrogens is 325 g/mol. The first kappa shape index (κ1) is 16.0. The summed E-state index contributed by atoms with van der Waals surface area (Å²) in [4.78, 5) is 4.05. The Labute approximate surface area is 133 Å². The molecular formula is C14H13F3N6O. The summed E-state index contributed by atoms with van der Waals surface area (Å²) in [6.45, 7) is 0.00786. The number of aliphatic hydroxyl groups is 1. The molecule has 2 aromatic heterocycles. The average molecular weight is 338 g/mol. The van der Waals surface area contributed by atoms with Gasteiger partial charge < -0.3 is 15.0 Å². The number of halogens is 3. The Morgan fingerprint density at radius 2 is 2.12 bits per heavy atom. The largest absolute Gasteiger partial charge is 0.416 e. The van der Waals surface area contributed by atoms with Gasteiger partial charge >= 0.3 is 6.18 Å². The Morgan fingerprint density at radius 3 is 2.83 bits per heavy atom. The minimum atomic E-state index is -4.44. The molecule has 10 heteroatoms.